The van der Waals surface area contributed by atoms with Crippen LogP contribution in [0.15, 0.2) is 24.1 Å². The molecule has 1 aliphatic rings. The molecule has 0 saturated carbocycles. The van der Waals surface area contributed by atoms with Crippen LogP contribution in [-0.2, 0) is 9.53 Å². The lowest BCUT2D eigenvalue weighted by atomic mass is 10.2. The molecule has 2 atom stereocenters. The van der Waals surface area contributed by atoms with Crippen molar-refractivity contribution in [2.24, 2.45) is 5.73 Å². The molecular weight excluding hydrogens is 216 g/mol. The van der Waals surface area contributed by atoms with Gasteiger partial charge in [0.05, 0.1) is 6.04 Å². The van der Waals surface area contributed by atoms with E-state index in [-0.39, 0.29) is 12.6 Å². The van der Waals surface area contributed by atoms with E-state index < -0.39 is 17.3 Å². The monoisotopic (exact) mass is 228 g/mol. The maximum atomic E-state index is 11.5. The van der Waals surface area contributed by atoms with Crippen molar-refractivity contribution in [2.75, 3.05) is 6.61 Å². The topological polar surface area (TPSA) is 81.4 Å². The van der Waals surface area contributed by atoms with Gasteiger partial charge in [0.2, 0.25) is 0 Å². The average molecular weight is 228 g/mol. The van der Waals surface area contributed by atoms with Crippen molar-refractivity contribution in [2.45, 2.75) is 11.3 Å². The fourth-order valence-corrected chi connectivity index (χ4v) is 2.05. The molecule has 0 spiro atoms. The van der Waals surface area contributed by atoms with E-state index in [2.05, 4.69) is 11.9 Å². The molecule has 1 rings (SSSR count). The third kappa shape index (κ3) is 3.32. The van der Waals surface area contributed by atoms with Crippen LogP contribution in [0.3, 0.4) is 0 Å². The van der Waals surface area contributed by atoms with E-state index in [1.54, 1.807) is 11.5 Å². The first kappa shape index (κ1) is 11.6. The second-order valence-electron chi connectivity index (χ2n) is 2.84. The van der Waals surface area contributed by atoms with E-state index in [1.807, 2.05) is 0 Å². The van der Waals surface area contributed by atoms with Gasteiger partial charge in [-0.2, -0.15) is 0 Å². The Kier molecular flexibility index (Phi) is 4.23. The number of thioether (sulfide) groups is 1. The molecule has 0 fully saturated rings. The molecule has 2 unspecified atom stereocenters. The maximum absolute atomic E-state index is 11.5. The molecule has 0 aromatic carbocycles. The summed E-state index contributed by atoms with van der Waals surface area (Å²) < 4.78 is 4.88. The first-order valence-electron chi connectivity index (χ1n) is 4.30. The minimum absolute atomic E-state index is 0.166. The summed E-state index contributed by atoms with van der Waals surface area (Å²) in [5, 5.41) is 3.73. The zero-order valence-corrected chi connectivity index (χ0v) is 8.83. The largest absolute Gasteiger partial charge is 0.461 e. The van der Waals surface area contributed by atoms with E-state index >= 15 is 0 Å². The van der Waals surface area contributed by atoms with Crippen LogP contribution in [0.1, 0.15) is 0 Å². The van der Waals surface area contributed by atoms with E-state index in [0.29, 0.717) is 0 Å². The Balaban J connectivity index is 2.50. The number of esters is 1. The van der Waals surface area contributed by atoms with Gasteiger partial charge in [0, 0.05) is 0 Å². The zero-order valence-electron chi connectivity index (χ0n) is 8.01. The highest BCUT2D eigenvalue weighted by atomic mass is 32.2. The van der Waals surface area contributed by atoms with Gasteiger partial charge >= 0.3 is 12.0 Å². The molecule has 0 bridgehead atoms. The minimum atomic E-state index is -0.659. The summed E-state index contributed by atoms with van der Waals surface area (Å²) in [6, 6.07) is -1.06. The van der Waals surface area contributed by atoms with Crippen molar-refractivity contribution in [1.29, 1.82) is 0 Å². The van der Waals surface area contributed by atoms with Gasteiger partial charge in [0.25, 0.3) is 0 Å². The number of urea groups is 1. The summed E-state index contributed by atoms with van der Waals surface area (Å²) in [6.45, 7) is 3.60. The smallest absolute Gasteiger partial charge is 0.322 e. The minimum Gasteiger partial charge on any atom is -0.461 e. The molecule has 1 heterocycles. The molecule has 0 aromatic heterocycles. The summed E-state index contributed by atoms with van der Waals surface area (Å²) in [5.41, 5.74) is 4.97. The number of amides is 2. The fourth-order valence-electron chi connectivity index (χ4n) is 1.11. The van der Waals surface area contributed by atoms with Crippen LogP contribution in [-0.4, -0.2) is 29.9 Å². The summed E-state index contributed by atoms with van der Waals surface area (Å²) in [6.07, 6.45) is 3.19. The predicted molar refractivity (Wildman–Crippen MR) is 58.2 cm³/mol. The molecule has 1 aliphatic heterocycles. The number of hydrogen-bond donors (Lipinski definition) is 2. The molecule has 6 heteroatoms. The first-order valence-corrected chi connectivity index (χ1v) is 5.25. The lowest BCUT2D eigenvalue weighted by Crippen LogP contribution is -2.45. The Labute approximate surface area is 91.7 Å². The molecule has 15 heavy (non-hydrogen) atoms. The second kappa shape index (κ2) is 5.45. The van der Waals surface area contributed by atoms with Crippen molar-refractivity contribution >= 4 is 23.8 Å². The summed E-state index contributed by atoms with van der Waals surface area (Å²) in [5.74, 6) is -0.386. The van der Waals surface area contributed by atoms with Gasteiger partial charge in [0.1, 0.15) is 11.9 Å². The SMILES string of the molecule is C=CCOC(=O)C1SC=CC1NC(N)=O. The third-order valence-corrected chi connectivity index (χ3v) is 2.82. The molecule has 5 nitrogen and oxygen atoms in total. The second-order valence-corrected chi connectivity index (χ2v) is 3.89. The van der Waals surface area contributed by atoms with Crippen LogP contribution in [0.25, 0.3) is 0 Å². The lowest BCUT2D eigenvalue weighted by molar-refractivity contribution is -0.141. The van der Waals surface area contributed by atoms with Crippen LogP contribution < -0.4 is 11.1 Å². The number of nitrogens with two attached hydrogens (primary N) is 1. The number of hydrogen-bond acceptors (Lipinski definition) is 4. The molecular formula is C9H12N2O3S. The highest BCUT2D eigenvalue weighted by molar-refractivity contribution is 8.03. The molecule has 3 N–H and O–H groups in total. The molecule has 0 aliphatic carbocycles. The van der Waals surface area contributed by atoms with Crippen molar-refractivity contribution in [3.63, 3.8) is 0 Å². The lowest BCUT2D eigenvalue weighted by Gasteiger charge is -2.16. The van der Waals surface area contributed by atoms with E-state index in [0.717, 1.165) is 0 Å². The Hall–Kier alpha value is -1.43. The predicted octanol–water partition coefficient (Wildman–Crippen LogP) is 0.382. The fraction of sp³-hybridized carbons (Fsp3) is 0.333. The van der Waals surface area contributed by atoms with Crippen molar-refractivity contribution in [3.8, 4) is 0 Å². The highest BCUT2D eigenvalue weighted by Gasteiger charge is 2.32. The Morgan fingerprint density at radius 2 is 2.40 bits per heavy atom. The zero-order chi connectivity index (χ0) is 11.3. The third-order valence-electron chi connectivity index (χ3n) is 1.72. The van der Waals surface area contributed by atoms with Gasteiger partial charge in [-0.15, -0.1) is 11.8 Å². The number of primary amides is 1. The van der Waals surface area contributed by atoms with Gasteiger partial charge in [-0.1, -0.05) is 18.7 Å². The normalized spacial score (nSPS) is 23.5. The number of rotatable bonds is 4. The van der Waals surface area contributed by atoms with Crippen LogP contribution in [0, 0.1) is 0 Å². The Morgan fingerprint density at radius 3 is 3.00 bits per heavy atom. The maximum Gasteiger partial charge on any atom is 0.322 e. The molecule has 0 saturated heterocycles. The van der Waals surface area contributed by atoms with Crippen LogP contribution >= 0.6 is 11.8 Å². The van der Waals surface area contributed by atoms with Gasteiger partial charge in [-0.05, 0) is 5.41 Å². The van der Waals surface area contributed by atoms with Crippen molar-refractivity contribution < 1.29 is 14.3 Å². The number of carbonyl (C=O) groups is 2. The average Bonchev–Trinajstić information content (AvgIpc) is 2.61. The first-order chi connectivity index (χ1) is 7.15. The number of nitrogens with one attached hydrogen (secondary N) is 1. The van der Waals surface area contributed by atoms with Gasteiger partial charge in [-0.25, -0.2) is 4.79 Å². The van der Waals surface area contributed by atoms with Crippen LogP contribution in [0.5, 0.6) is 0 Å². The molecule has 2 amide bonds. The van der Waals surface area contributed by atoms with E-state index in [9.17, 15) is 9.59 Å². The van der Waals surface area contributed by atoms with Crippen LogP contribution in [0.4, 0.5) is 4.79 Å². The molecule has 82 valence electrons. The van der Waals surface area contributed by atoms with Gasteiger partial charge in [-0.3, -0.25) is 4.79 Å². The van der Waals surface area contributed by atoms with E-state index in [1.165, 1.54) is 17.8 Å². The molecule has 0 aromatic rings. The highest BCUT2D eigenvalue weighted by Crippen LogP contribution is 2.25. The van der Waals surface area contributed by atoms with Crippen molar-refractivity contribution in [1.82, 2.24) is 5.32 Å². The molecule has 0 radical (unpaired) electrons. The van der Waals surface area contributed by atoms with Gasteiger partial charge in [0.15, 0.2) is 0 Å². The number of carbonyl (C=O) groups excluding carboxylic acids is 2. The standard InChI is InChI=1S/C9H12N2O3S/c1-2-4-14-8(12)7-6(3-5-15-7)11-9(10)13/h2-3,5-7H,1,4H2,(H3,10,11,13). The Bertz CT molecular complexity index is 304. The quantitative estimate of drug-likeness (QED) is 0.538. The van der Waals surface area contributed by atoms with Gasteiger partial charge < -0.3 is 15.8 Å². The van der Waals surface area contributed by atoms with Crippen LogP contribution in [0.2, 0.25) is 0 Å². The summed E-state index contributed by atoms with van der Waals surface area (Å²) >= 11 is 1.29. The summed E-state index contributed by atoms with van der Waals surface area (Å²) in [4.78, 5) is 22.1. The number of ether oxygens (including phenoxy) is 1. The summed E-state index contributed by atoms with van der Waals surface area (Å²) in [7, 11) is 0. The Morgan fingerprint density at radius 1 is 1.67 bits per heavy atom. The van der Waals surface area contributed by atoms with E-state index in [4.69, 9.17) is 10.5 Å². The van der Waals surface area contributed by atoms with Crippen molar-refractivity contribution in [3.05, 3.63) is 24.1 Å².